The molecule has 1 aromatic heterocycles. The van der Waals surface area contributed by atoms with Gasteiger partial charge >= 0.3 is 0 Å². The van der Waals surface area contributed by atoms with Gasteiger partial charge < -0.3 is 29.7 Å². The molecule has 2 amide bonds. The zero-order valence-corrected chi connectivity index (χ0v) is 15.7. The summed E-state index contributed by atoms with van der Waals surface area (Å²) in [5.74, 6) is 0.872. The number of anilines is 1. The van der Waals surface area contributed by atoms with Crippen LogP contribution in [0.25, 0.3) is 0 Å². The Morgan fingerprint density at radius 3 is 2.55 bits per heavy atom. The molecule has 10 nitrogen and oxygen atoms in total. The van der Waals surface area contributed by atoms with E-state index in [9.17, 15) is 14.7 Å². The second-order valence-corrected chi connectivity index (χ2v) is 6.64. The van der Waals surface area contributed by atoms with E-state index in [1.807, 2.05) is 4.90 Å². The van der Waals surface area contributed by atoms with Crippen LogP contribution in [0.1, 0.15) is 10.4 Å². The minimum atomic E-state index is -1.02. The third kappa shape index (κ3) is 4.06. The molecule has 1 aromatic carbocycles. The first-order chi connectivity index (χ1) is 14.2. The quantitative estimate of drug-likeness (QED) is 0.700. The lowest BCUT2D eigenvalue weighted by atomic mass is 10.1. The Bertz CT molecular complexity index is 886. The Labute approximate surface area is 167 Å². The van der Waals surface area contributed by atoms with Crippen LogP contribution in [0.15, 0.2) is 36.7 Å². The standard InChI is InChI=1S/C19H21N5O5/c25-11-14(22-17(26)13-2-3-15-16(10-13)29-12-28-15)18(27)23-6-8-24(9-7-23)19-20-4-1-5-21-19/h1-5,10,14,25H,6-9,11-12H2,(H,22,26)/t14-/m0/s1. The van der Waals surface area contributed by atoms with Gasteiger partial charge in [-0.05, 0) is 24.3 Å². The SMILES string of the molecule is O=C(N[C@@H](CO)C(=O)N1CCN(c2ncccn2)CC1)c1ccc2c(c1)OCO2. The van der Waals surface area contributed by atoms with Gasteiger partial charge in [-0.25, -0.2) is 9.97 Å². The van der Waals surface area contributed by atoms with E-state index in [0.29, 0.717) is 49.2 Å². The number of ether oxygens (including phenoxy) is 2. The number of piperazine rings is 1. The fourth-order valence-electron chi connectivity index (χ4n) is 3.27. The smallest absolute Gasteiger partial charge is 0.252 e. The van der Waals surface area contributed by atoms with Crippen molar-refractivity contribution < 1.29 is 24.2 Å². The molecule has 0 unspecified atom stereocenters. The van der Waals surface area contributed by atoms with Gasteiger partial charge in [0.25, 0.3) is 5.91 Å². The van der Waals surface area contributed by atoms with E-state index in [2.05, 4.69) is 15.3 Å². The van der Waals surface area contributed by atoms with Crippen LogP contribution in [0.2, 0.25) is 0 Å². The van der Waals surface area contributed by atoms with Crippen molar-refractivity contribution in [1.82, 2.24) is 20.2 Å². The number of aliphatic hydroxyl groups excluding tert-OH is 1. The molecule has 2 N–H and O–H groups in total. The molecule has 1 saturated heterocycles. The first kappa shape index (κ1) is 18.9. The number of aliphatic hydroxyl groups is 1. The number of nitrogens with one attached hydrogen (secondary N) is 1. The van der Waals surface area contributed by atoms with Gasteiger partial charge in [0.05, 0.1) is 6.61 Å². The van der Waals surface area contributed by atoms with Crippen LogP contribution in [0.3, 0.4) is 0 Å². The van der Waals surface area contributed by atoms with Crippen LogP contribution in [0, 0.1) is 0 Å². The third-order valence-corrected chi connectivity index (χ3v) is 4.85. The molecule has 2 aromatic rings. The highest BCUT2D eigenvalue weighted by Gasteiger charge is 2.29. The van der Waals surface area contributed by atoms with Gasteiger partial charge in [-0.3, -0.25) is 9.59 Å². The van der Waals surface area contributed by atoms with E-state index in [0.717, 1.165) is 0 Å². The summed E-state index contributed by atoms with van der Waals surface area (Å²) in [6.07, 6.45) is 3.35. The minimum Gasteiger partial charge on any atom is -0.454 e. The zero-order chi connectivity index (χ0) is 20.2. The number of hydrogen-bond donors (Lipinski definition) is 2. The molecule has 0 spiro atoms. The summed E-state index contributed by atoms with van der Waals surface area (Å²) in [7, 11) is 0. The largest absolute Gasteiger partial charge is 0.454 e. The molecule has 0 radical (unpaired) electrons. The van der Waals surface area contributed by atoms with Gasteiger partial charge in [-0.1, -0.05) is 0 Å². The van der Waals surface area contributed by atoms with Gasteiger partial charge in [0, 0.05) is 44.1 Å². The van der Waals surface area contributed by atoms with E-state index >= 15 is 0 Å². The summed E-state index contributed by atoms with van der Waals surface area (Å²) in [6.45, 7) is 1.67. The highest BCUT2D eigenvalue weighted by atomic mass is 16.7. The van der Waals surface area contributed by atoms with Crippen LogP contribution in [-0.4, -0.2) is 77.4 Å². The predicted molar refractivity (Wildman–Crippen MR) is 102 cm³/mol. The summed E-state index contributed by atoms with van der Waals surface area (Å²) in [6, 6.07) is 5.50. The second kappa shape index (κ2) is 8.31. The number of fused-ring (bicyclic) bond motifs is 1. The maximum Gasteiger partial charge on any atom is 0.252 e. The Morgan fingerprint density at radius 1 is 1.10 bits per heavy atom. The summed E-state index contributed by atoms with van der Waals surface area (Å²) in [5.41, 5.74) is 0.326. The summed E-state index contributed by atoms with van der Waals surface area (Å²) >= 11 is 0. The Morgan fingerprint density at radius 2 is 1.83 bits per heavy atom. The first-order valence-electron chi connectivity index (χ1n) is 9.28. The van der Waals surface area contributed by atoms with E-state index in [4.69, 9.17) is 9.47 Å². The van der Waals surface area contributed by atoms with Gasteiger partial charge in [0.1, 0.15) is 6.04 Å². The molecule has 2 aliphatic heterocycles. The van der Waals surface area contributed by atoms with Crippen LogP contribution in [0.5, 0.6) is 11.5 Å². The lowest BCUT2D eigenvalue weighted by molar-refractivity contribution is -0.134. The second-order valence-electron chi connectivity index (χ2n) is 6.64. The fourth-order valence-corrected chi connectivity index (χ4v) is 3.27. The topological polar surface area (TPSA) is 117 Å². The summed E-state index contributed by atoms with van der Waals surface area (Å²) in [5, 5.41) is 12.3. The zero-order valence-electron chi connectivity index (χ0n) is 15.7. The van der Waals surface area contributed by atoms with Crippen molar-refractivity contribution in [2.45, 2.75) is 6.04 Å². The van der Waals surface area contributed by atoms with Crippen molar-refractivity contribution in [2.24, 2.45) is 0 Å². The average molecular weight is 399 g/mol. The number of hydrogen-bond acceptors (Lipinski definition) is 8. The number of carbonyl (C=O) groups is 2. The van der Waals surface area contributed by atoms with Gasteiger partial charge in [-0.2, -0.15) is 0 Å². The highest BCUT2D eigenvalue weighted by Crippen LogP contribution is 2.32. The van der Waals surface area contributed by atoms with E-state index in [-0.39, 0.29) is 12.7 Å². The van der Waals surface area contributed by atoms with Crippen molar-refractivity contribution >= 4 is 17.8 Å². The molecule has 0 aliphatic carbocycles. The van der Waals surface area contributed by atoms with E-state index in [1.54, 1.807) is 41.6 Å². The van der Waals surface area contributed by atoms with Gasteiger partial charge in [0.2, 0.25) is 18.6 Å². The maximum absolute atomic E-state index is 12.8. The van der Waals surface area contributed by atoms with Crippen molar-refractivity contribution in [3.63, 3.8) is 0 Å². The fraction of sp³-hybridized carbons (Fsp3) is 0.368. The summed E-state index contributed by atoms with van der Waals surface area (Å²) < 4.78 is 10.5. The van der Waals surface area contributed by atoms with Crippen molar-refractivity contribution in [3.05, 3.63) is 42.2 Å². The lowest BCUT2D eigenvalue weighted by Crippen LogP contribution is -2.56. The van der Waals surface area contributed by atoms with E-state index < -0.39 is 18.6 Å². The summed E-state index contributed by atoms with van der Waals surface area (Å²) in [4.78, 5) is 37.4. The molecule has 29 heavy (non-hydrogen) atoms. The molecule has 10 heteroatoms. The molecule has 2 aliphatic rings. The Hall–Kier alpha value is -3.40. The van der Waals surface area contributed by atoms with Crippen LogP contribution >= 0.6 is 0 Å². The van der Waals surface area contributed by atoms with E-state index in [1.165, 1.54) is 0 Å². The van der Waals surface area contributed by atoms with Crippen LogP contribution in [-0.2, 0) is 4.79 Å². The lowest BCUT2D eigenvalue weighted by Gasteiger charge is -2.36. The van der Waals surface area contributed by atoms with Crippen molar-refractivity contribution in [2.75, 3.05) is 44.5 Å². The predicted octanol–water partition coefficient (Wildman–Crippen LogP) is -0.355. The van der Waals surface area contributed by atoms with Crippen LogP contribution in [0.4, 0.5) is 5.95 Å². The molecule has 4 rings (SSSR count). The molecular weight excluding hydrogens is 378 g/mol. The normalized spacial score (nSPS) is 16.4. The number of rotatable bonds is 5. The first-order valence-corrected chi connectivity index (χ1v) is 9.28. The minimum absolute atomic E-state index is 0.109. The monoisotopic (exact) mass is 399 g/mol. The number of aromatic nitrogens is 2. The van der Waals surface area contributed by atoms with Crippen molar-refractivity contribution in [3.8, 4) is 11.5 Å². The Kier molecular flexibility index (Phi) is 5.43. The maximum atomic E-state index is 12.8. The molecular formula is C19H21N5O5. The number of nitrogens with zero attached hydrogens (tertiary/aromatic N) is 4. The molecule has 3 heterocycles. The van der Waals surface area contributed by atoms with Gasteiger partial charge in [-0.15, -0.1) is 0 Å². The third-order valence-electron chi connectivity index (χ3n) is 4.85. The molecule has 0 saturated carbocycles. The number of amides is 2. The van der Waals surface area contributed by atoms with Crippen LogP contribution < -0.4 is 19.7 Å². The highest BCUT2D eigenvalue weighted by molar-refractivity contribution is 5.98. The average Bonchev–Trinajstić information content (AvgIpc) is 3.25. The van der Waals surface area contributed by atoms with Gasteiger partial charge in [0.15, 0.2) is 11.5 Å². The van der Waals surface area contributed by atoms with Crippen molar-refractivity contribution in [1.29, 1.82) is 0 Å². The molecule has 1 atom stereocenters. The molecule has 1 fully saturated rings. The number of benzene rings is 1. The number of carbonyl (C=O) groups excluding carboxylic acids is 2. The Balaban J connectivity index is 1.35. The molecule has 152 valence electrons. The molecule has 0 bridgehead atoms.